The molecule has 0 unspecified atom stereocenters. The second-order valence-corrected chi connectivity index (χ2v) is 7.15. The molecule has 0 radical (unpaired) electrons. The molecule has 0 atom stereocenters. The van der Waals surface area contributed by atoms with E-state index in [1.54, 1.807) is 0 Å². The van der Waals surface area contributed by atoms with E-state index >= 15 is 0 Å². The van der Waals surface area contributed by atoms with Crippen LogP contribution in [0.3, 0.4) is 0 Å². The minimum Gasteiger partial charge on any atom is -0.354 e. The second-order valence-electron chi connectivity index (χ2n) is 7.15. The van der Waals surface area contributed by atoms with Gasteiger partial charge in [-0.25, -0.2) is 4.99 Å². The molecule has 3 rings (SSSR count). The van der Waals surface area contributed by atoms with E-state index in [0.717, 1.165) is 17.6 Å². The molecule has 7 heteroatoms. The largest absolute Gasteiger partial charge is 0.354 e. The molecular formula is C20H31IN6. The maximum Gasteiger partial charge on any atom is 0.192 e. The maximum absolute atomic E-state index is 4.84. The zero-order valence-electron chi connectivity index (χ0n) is 16.5. The van der Waals surface area contributed by atoms with Gasteiger partial charge in [0.1, 0.15) is 5.82 Å². The molecule has 1 aliphatic carbocycles. The zero-order valence-corrected chi connectivity index (χ0v) is 18.9. The Morgan fingerprint density at radius 3 is 2.56 bits per heavy atom. The number of nitrogens with zero attached hydrogens (tertiary/aromatic N) is 4. The quantitative estimate of drug-likeness (QED) is 0.388. The lowest BCUT2D eigenvalue weighted by Gasteiger charge is -2.25. The van der Waals surface area contributed by atoms with Crippen molar-refractivity contribution >= 4 is 29.9 Å². The monoisotopic (exact) mass is 482 g/mol. The lowest BCUT2D eigenvalue weighted by atomic mass is 9.96. The van der Waals surface area contributed by atoms with Crippen LogP contribution in [0.15, 0.2) is 29.3 Å². The Kier molecular flexibility index (Phi) is 8.53. The van der Waals surface area contributed by atoms with Crippen molar-refractivity contribution in [1.29, 1.82) is 0 Å². The molecule has 0 spiro atoms. The van der Waals surface area contributed by atoms with Crippen molar-refractivity contribution in [1.82, 2.24) is 25.4 Å². The fourth-order valence-electron chi connectivity index (χ4n) is 3.31. The molecule has 148 valence electrons. The number of rotatable bonds is 5. The number of aromatic nitrogens is 3. The average Bonchev–Trinajstić information content (AvgIpc) is 2.98. The number of aryl methyl sites for hydroxylation is 2. The third-order valence-corrected chi connectivity index (χ3v) is 5.21. The average molecular weight is 482 g/mol. The van der Waals surface area contributed by atoms with E-state index in [0.29, 0.717) is 19.1 Å². The van der Waals surface area contributed by atoms with E-state index in [2.05, 4.69) is 52.0 Å². The Balaban J connectivity index is 0.00000261. The highest BCUT2D eigenvalue weighted by molar-refractivity contribution is 14.0. The van der Waals surface area contributed by atoms with Crippen LogP contribution in [-0.4, -0.2) is 26.8 Å². The van der Waals surface area contributed by atoms with Crippen molar-refractivity contribution in [3.05, 3.63) is 47.0 Å². The summed E-state index contributed by atoms with van der Waals surface area (Å²) in [6.07, 6.45) is 6.37. The van der Waals surface area contributed by atoms with Gasteiger partial charge in [-0.05, 0) is 37.8 Å². The fourth-order valence-corrected chi connectivity index (χ4v) is 3.31. The topological polar surface area (TPSA) is 67.1 Å². The molecule has 0 bridgehead atoms. The number of aliphatic imine (C=N–C) groups is 1. The number of halogens is 1. The number of hydrogen-bond donors (Lipinski definition) is 2. The molecule has 1 aliphatic rings. The predicted molar refractivity (Wildman–Crippen MR) is 120 cm³/mol. The Bertz CT molecular complexity index is 749. The number of guanidine groups is 1. The smallest absolute Gasteiger partial charge is 0.192 e. The van der Waals surface area contributed by atoms with Gasteiger partial charge >= 0.3 is 0 Å². The lowest BCUT2D eigenvalue weighted by molar-refractivity contribution is 0.409. The Morgan fingerprint density at radius 1 is 1.15 bits per heavy atom. The summed E-state index contributed by atoms with van der Waals surface area (Å²) in [4.78, 5) is 4.84. The number of hydrogen-bond acceptors (Lipinski definition) is 3. The molecule has 0 saturated heterocycles. The first-order valence-electron chi connectivity index (χ1n) is 9.57. The summed E-state index contributed by atoms with van der Waals surface area (Å²) < 4.78 is 2.01. The number of nitrogens with one attached hydrogen (secondary N) is 2. The highest BCUT2D eigenvalue weighted by atomic mass is 127. The summed E-state index contributed by atoms with van der Waals surface area (Å²) >= 11 is 0. The molecule has 1 heterocycles. The standard InChI is InChI=1S/C20H30N6.HI/c1-15-9-7-8-10-17(15)13-21-20(23-18-11-5-4-6-12-18)22-14-19-25-24-16(2)26(19)3;/h7-10,18H,4-6,11-14H2,1-3H3,(H2,21,22,23);1H. The van der Waals surface area contributed by atoms with Crippen molar-refractivity contribution < 1.29 is 0 Å². The van der Waals surface area contributed by atoms with Gasteiger partial charge in [0.25, 0.3) is 0 Å². The third kappa shape index (κ3) is 6.19. The van der Waals surface area contributed by atoms with E-state index in [-0.39, 0.29) is 24.0 Å². The minimum absolute atomic E-state index is 0. The van der Waals surface area contributed by atoms with Gasteiger partial charge in [-0.15, -0.1) is 34.2 Å². The van der Waals surface area contributed by atoms with Crippen molar-refractivity contribution in [2.24, 2.45) is 12.0 Å². The van der Waals surface area contributed by atoms with Gasteiger partial charge in [0.2, 0.25) is 0 Å². The van der Waals surface area contributed by atoms with Gasteiger partial charge in [-0.1, -0.05) is 43.5 Å². The predicted octanol–water partition coefficient (Wildman–Crippen LogP) is 3.62. The molecule has 27 heavy (non-hydrogen) atoms. The maximum atomic E-state index is 4.84. The van der Waals surface area contributed by atoms with Crippen LogP contribution in [0.1, 0.15) is 54.9 Å². The number of benzene rings is 1. The van der Waals surface area contributed by atoms with Crippen LogP contribution in [-0.2, 0) is 20.1 Å². The normalized spacial score (nSPS) is 15.3. The fraction of sp³-hybridized carbons (Fsp3) is 0.550. The van der Waals surface area contributed by atoms with E-state index < -0.39 is 0 Å². The summed E-state index contributed by atoms with van der Waals surface area (Å²) in [5, 5.41) is 15.4. The van der Waals surface area contributed by atoms with Gasteiger partial charge in [0, 0.05) is 13.1 Å². The van der Waals surface area contributed by atoms with Crippen LogP contribution < -0.4 is 10.6 Å². The summed E-state index contributed by atoms with van der Waals surface area (Å²) in [6, 6.07) is 8.92. The van der Waals surface area contributed by atoms with Crippen LogP contribution in [0.2, 0.25) is 0 Å². The summed E-state index contributed by atoms with van der Waals surface area (Å²) in [6.45, 7) is 5.38. The SMILES string of the molecule is Cc1ccccc1CN=C(NCc1nnc(C)n1C)NC1CCCCC1.I. The van der Waals surface area contributed by atoms with Gasteiger partial charge in [0.05, 0.1) is 13.1 Å². The van der Waals surface area contributed by atoms with Crippen molar-refractivity contribution in [2.45, 2.75) is 65.1 Å². The molecule has 0 aliphatic heterocycles. The van der Waals surface area contributed by atoms with Crippen LogP contribution in [0, 0.1) is 13.8 Å². The lowest BCUT2D eigenvalue weighted by Crippen LogP contribution is -2.44. The summed E-state index contributed by atoms with van der Waals surface area (Å²) in [5.41, 5.74) is 2.53. The summed E-state index contributed by atoms with van der Waals surface area (Å²) in [7, 11) is 1.99. The first-order valence-corrected chi connectivity index (χ1v) is 9.57. The first-order chi connectivity index (χ1) is 12.6. The molecule has 6 nitrogen and oxygen atoms in total. The van der Waals surface area contributed by atoms with Crippen LogP contribution >= 0.6 is 24.0 Å². The van der Waals surface area contributed by atoms with E-state index in [1.165, 1.54) is 43.2 Å². The Labute approximate surface area is 179 Å². The molecular weight excluding hydrogens is 451 g/mol. The first kappa shape index (κ1) is 21.7. The highest BCUT2D eigenvalue weighted by Gasteiger charge is 2.15. The molecule has 1 aromatic heterocycles. The molecule has 1 saturated carbocycles. The highest BCUT2D eigenvalue weighted by Crippen LogP contribution is 2.17. The van der Waals surface area contributed by atoms with Crippen LogP contribution in [0.5, 0.6) is 0 Å². The van der Waals surface area contributed by atoms with E-state index in [1.807, 2.05) is 18.5 Å². The third-order valence-electron chi connectivity index (χ3n) is 5.21. The van der Waals surface area contributed by atoms with Crippen LogP contribution in [0.4, 0.5) is 0 Å². The van der Waals surface area contributed by atoms with Crippen LogP contribution in [0.25, 0.3) is 0 Å². The Hall–Kier alpha value is -1.64. The molecule has 2 N–H and O–H groups in total. The summed E-state index contributed by atoms with van der Waals surface area (Å²) in [5.74, 6) is 2.69. The molecule has 1 aromatic carbocycles. The van der Waals surface area contributed by atoms with E-state index in [4.69, 9.17) is 4.99 Å². The zero-order chi connectivity index (χ0) is 18.4. The second kappa shape index (κ2) is 10.6. The Morgan fingerprint density at radius 2 is 1.89 bits per heavy atom. The molecule has 2 aromatic rings. The molecule has 0 amide bonds. The van der Waals surface area contributed by atoms with E-state index in [9.17, 15) is 0 Å². The molecule has 1 fully saturated rings. The van der Waals surface area contributed by atoms with Crippen molar-refractivity contribution in [3.8, 4) is 0 Å². The minimum atomic E-state index is 0. The van der Waals surface area contributed by atoms with Gasteiger partial charge < -0.3 is 15.2 Å². The van der Waals surface area contributed by atoms with Crippen molar-refractivity contribution in [3.63, 3.8) is 0 Å². The van der Waals surface area contributed by atoms with Gasteiger partial charge in [-0.3, -0.25) is 0 Å². The van der Waals surface area contributed by atoms with Crippen molar-refractivity contribution in [2.75, 3.05) is 0 Å². The van der Waals surface area contributed by atoms with Gasteiger partial charge in [0.15, 0.2) is 11.8 Å². The van der Waals surface area contributed by atoms with Gasteiger partial charge in [-0.2, -0.15) is 0 Å².